The minimum absolute atomic E-state index is 0.0499. The second-order valence-corrected chi connectivity index (χ2v) is 11.8. The molecule has 0 bridgehead atoms. The highest BCUT2D eigenvalue weighted by Gasteiger charge is 2.38. The van der Waals surface area contributed by atoms with E-state index >= 15 is 0 Å². The van der Waals surface area contributed by atoms with Gasteiger partial charge in [0.1, 0.15) is 11.6 Å². The quantitative estimate of drug-likeness (QED) is 0.237. The number of para-hydroxylation sites is 1. The van der Waals surface area contributed by atoms with E-state index in [4.69, 9.17) is 19.9 Å². The number of phenolic OH excluding ortho intramolecular Hbond substituents is 1. The lowest BCUT2D eigenvalue weighted by Crippen LogP contribution is -2.34. The number of carbonyl (C=O) groups excluding carboxylic acids is 1. The molecule has 1 amide bonds. The van der Waals surface area contributed by atoms with Crippen molar-refractivity contribution in [2.75, 3.05) is 30.9 Å². The van der Waals surface area contributed by atoms with E-state index in [1.54, 1.807) is 6.07 Å². The van der Waals surface area contributed by atoms with Crippen LogP contribution >= 0.6 is 45.2 Å². The van der Waals surface area contributed by atoms with Crippen molar-refractivity contribution in [1.82, 2.24) is 15.3 Å². The molecule has 1 aliphatic carbocycles. The third kappa shape index (κ3) is 8.68. The number of alkyl halides is 3. The van der Waals surface area contributed by atoms with Crippen LogP contribution in [-0.2, 0) is 4.79 Å². The molecular weight excluding hydrogens is 757 g/mol. The summed E-state index contributed by atoms with van der Waals surface area (Å²) in [6.45, 7) is 0.615. The number of halogens is 5. The Morgan fingerprint density at radius 1 is 1.07 bits per heavy atom. The minimum Gasteiger partial charge on any atom is -0.506 e. The van der Waals surface area contributed by atoms with Gasteiger partial charge in [-0.3, -0.25) is 4.79 Å². The van der Waals surface area contributed by atoms with E-state index in [0.717, 1.165) is 46.0 Å². The van der Waals surface area contributed by atoms with Crippen molar-refractivity contribution in [2.45, 2.75) is 37.9 Å². The normalized spacial score (nSPS) is 17.0. The summed E-state index contributed by atoms with van der Waals surface area (Å²) < 4.78 is 33.4. The largest absolute Gasteiger partial charge is 0.506 e. The number of amides is 1. The molecule has 0 unspecified atom stereocenters. The number of anilines is 2. The number of carbonyl (C=O) groups is 2. The zero-order chi connectivity index (χ0) is 29.6. The predicted molar refractivity (Wildman–Crippen MR) is 163 cm³/mol. The maximum atomic E-state index is 12.6. The number of nitrogens with zero attached hydrogens (tertiary/aromatic N) is 3. The third-order valence-electron chi connectivity index (χ3n) is 6.25. The Kier molecular flexibility index (Phi) is 11.0. The lowest BCUT2D eigenvalue weighted by atomic mass is 9.86. The molecule has 14 heteroatoms. The highest BCUT2D eigenvalue weighted by Crippen LogP contribution is 2.29. The molecule has 0 atom stereocenters. The molecule has 4 rings (SSSR count). The SMILES string of the molecule is CN(C)c1nc(NC2CCC(CNC(=O)c3cc(I)cc(I)c3O)CC2)nc2ccccc12.O=C(O)C(F)(F)F. The van der Waals surface area contributed by atoms with Crippen LogP contribution in [0.1, 0.15) is 36.0 Å². The monoisotopic (exact) mass is 785 g/mol. The van der Waals surface area contributed by atoms with E-state index < -0.39 is 12.1 Å². The second-order valence-electron chi connectivity index (χ2n) is 9.44. The Labute approximate surface area is 256 Å². The Morgan fingerprint density at radius 2 is 1.70 bits per heavy atom. The fourth-order valence-electron chi connectivity index (χ4n) is 4.23. The Balaban J connectivity index is 0.000000559. The van der Waals surface area contributed by atoms with E-state index in [1.807, 2.05) is 71.9 Å². The molecule has 1 heterocycles. The number of nitrogens with one attached hydrogen (secondary N) is 2. The molecule has 216 valence electrons. The predicted octanol–water partition coefficient (Wildman–Crippen LogP) is 5.64. The second kappa shape index (κ2) is 13.8. The van der Waals surface area contributed by atoms with Gasteiger partial charge in [0.15, 0.2) is 0 Å². The molecule has 9 nitrogen and oxygen atoms in total. The van der Waals surface area contributed by atoms with Gasteiger partial charge >= 0.3 is 12.1 Å². The van der Waals surface area contributed by atoms with E-state index in [0.29, 0.717) is 33.6 Å². The smallest absolute Gasteiger partial charge is 0.490 e. The maximum absolute atomic E-state index is 12.6. The summed E-state index contributed by atoms with van der Waals surface area (Å²) >= 11 is 4.21. The van der Waals surface area contributed by atoms with E-state index in [9.17, 15) is 23.1 Å². The molecule has 1 aliphatic rings. The molecule has 40 heavy (non-hydrogen) atoms. The van der Waals surface area contributed by atoms with Gasteiger partial charge in [0, 0.05) is 35.6 Å². The summed E-state index contributed by atoms with van der Waals surface area (Å²) in [5, 5.41) is 24.9. The van der Waals surface area contributed by atoms with Crippen molar-refractivity contribution in [3.05, 3.63) is 49.1 Å². The van der Waals surface area contributed by atoms with Gasteiger partial charge in [-0.05, 0) is 101 Å². The third-order valence-corrected chi connectivity index (χ3v) is 7.70. The van der Waals surface area contributed by atoms with Crippen LogP contribution in [0.25, 0.3) is 10.9 Å². The van der Waals surface area contributed by atoms with Gasteiger partial charge in [-0.1, -0.05) is 12.1 Å². The number of phenols is 1. The highest BCUT2D eigenvalue weighted by molar-refractivity contribution is 14.1. The molecule has 0 radical (unpaired) electrons. The fourth-order valence-corrected chi connectivity index (χ4v) is 6.07. The van der Waals surface area contributed by atoms with Gasteiger partial charge in [0.2, 0.25) is 5.95 Å². The summed E-state index contributed by atoms with van der Waals surface area (Å²) in [6.07, 6.45) is -1.05. The number of hydrogen-bond acceptors (Lipinski definition) is 7. The van der Waals surface area contributed by atoms with Crippen LogP contribution in [0.4, 0.5) is 24.9 Å². The number of fused-ring (bicyclic) bond motifs is 1. The van der Waals surface area contributed by atoms with Crippen molar-refractivity contribution in [2.24, 2.45) is 5.92 Å². The van der Waals surface area contributed by atoms with Crippen molar-refractivity contribution in [1.29, 1.82) is 0 Å². The van der Waals surface area contributed by atoms with E-state index in [2.05, 4.69) is 33.2 Å². The maximum Gasteiger partial charge on any atom is 0.490 e. The summed E-state index contributed by atoms with van der Waals surface area (Å²) in [6, 6.07) is 11.9. The summed E-state index contributed by atoms with van der Waals surface area (Å²) in [4.78, 5) is 33.0. The number of carboxylic acids is 1. The number of rotatable bonds is 6. The summed E-state index contributed by atoms with van der Waals surface area (Å²) in [5.41, 5.74) is 1.27. The van der Waals surface area contributed by atoms with Gasteiger partial charge in [-0.25, -0.2) is 9.78 Å². The molecule has 2 aromatic carbocycles. The zero-order valence-corrected chi connectivity index (χ0v) is 25.9. The number of aromatic hydroxyl groups is 1. The lowest BCUT2D eigenvalue weighted by Gasteiger charge is -2.29. The zero-order valence-electron chi connectivity index (χ0n) is 21.6. The topological polar surface area (TPSA) is 128 Å². The Bertz CT molecular complexity index is 1370. The Hall–Kier alpha value is -2.63. The number of aliphatic carboxylic acids is 1. The number of benzene rings is 2. The first-order chi connectivity index (χ1) is 18.8. The van der Waals surface area contributed by atoms with Crippen LogP contribution < -0.4 is 15.5 Å². The number of aromatic nitrogens is 2. The average Bonchev–Trinajstić information content (AvgIpc) is 2.89. The first-order valence-corrected chi connectivity index (χ1v) is 14.4. The molecule has 1 fully saturated rings. The van der Waals surface area contributed by atoms with Crippen molar-refractivity contribution >= 4 is 79.7 Å². The average molecular weight is 785 g/mol. The summed E-state index contributed by atoms with van der Waals surface area (Å²) in [7, 11) is 3.99. The standard InChI is InChI=1S/C24H27I2N5O2.C2HF3O2/c1-31(2)22-17-5-3-4-6-20(17)29-24(30-22)28-16-9-7-14(8-10-16)13-27-23(33)18-11-15(25)12-19(26)21(18)32;3-2(4,5)1(6)7/h3-6,11-12,14,16,32H,7-10,13H2,1-2H3,(H,27,33)(H,28,29,30);(H,6,7). The molecule has 0 spiro atoms. The lowest BCUT2D eigenvalue weighted by molar-refractivity contribution is -0.192. The molecule has 3 aromatic rings. The van der Waals surface area contributed by atoms with Crippen LogP contribution in [0.3, 0.4) is 0 Å². The molecule has 4 N–H and O–H groups in total. The number of carboxylic acid groups (broad SMARTS) is 1. The van der Waals surface area contributed by atoms with Crippen LogP contribution in [0, 0.1) is 13.1 Å². The minimum atomic E-state index is -5.08. The van der Waals surface area contributed by atoms with Crippen LogP contribution in [0.2, 0.25) is 0 Å². The van der Waals surface area contributed by atoms with Gasteiger partial charge in [-0.2, -0.15) is 18.2 Å². The van der Waals surface area contributed by atoms with E-state index in [1.165, 1.54) is 0 Å². The summed E-state index contributed by atoms with van der Waals surface area (Å²) in [5.74, 6) is -0.928. The molecule has 1 aromatic heterocycles. The number of hydrogen-bond donors (Lipinski definition) is 4. The fraction of sp³-hybridized carbons (Fsp3) is 0.385. The molecular formula is C26H28F3I2N5O4. The van der Waals surface area contributed by atoms with Crippen LogP contribution in [0.5, 0.6) is 5.75 Å². The highest BCUT2D eigenvalue weighted by atomic mass is 127. The molecule has 0 aliphatic heterocycles. The van der Waals surface area contributed by atoms with Gasteiger partial charge in [0.05, 0.1) is 14.7 Å². The van der Waals surface area contributed by atoms with Crippen molar-refractivity contribution in [3.63, 3.8) is 0 Å². The Morgan fingerprint density at radius 3 is 2.30 bits per heavy atom. The van der Waals surface area contributed by atoms with E-state index in [-0.39, 0.29) is 11.7 Å². The van der Waals surface area contributed by atoms with Gasteiger partial charge in [-0.15, -0.1) is 0 Å². The van der Waals surface area contributed by atoms with Crippen molar-refractivity contribution < 1.29 is 33.0 Å². The van der Waals surface area contributed by atoms with Gasteiger partial charge < -0.3 is 25.7 Å². The van der Waals surface area contributed by atoms with Crippen LogP contribution in [0.15, 0.2) is 36.4 Å². The molecule has 0 saturated heterocycles. The van der Waals surface area contributed by atoms with Crippen molar-refractivity contribution in [3.8, 4) is 5.75 Å². The van der Waals surface area contributed by atoms with Crippen LogP contribution in [-0.4, -0.2) is 64.9 Å². The first kappa shape index (κ1) is 31.9. The first-order valence-electron chi connectivity index (χ1n) is 12.2. The van der Waals surface area contributed by atoms with Gasteiger partial charge in [0.25, 0.3) is 5.91 Å². The molecule has 1 saturated carbocycles.